The van der Waals surface area contributed by atoms with Crippen molar-refractivity contribution in [3.05, 3.63) is 63.3 Å². The van der Waals surface area contributed by atoms with E-state index in [1.54, 1.807) is 6.08 Å². The number of aromatic nitrogens is 1. The van der Waals surface area contributed by atoms with Crippen molar-refractivity contribution in [1.29, 1.82) is 5.26 Å². The number of hydrogen-bond acceptors (Lipinski definition) is 7. The van der Waals surface area contributed by atoms with E-state index in [1.165, 1.54) is 11.6 Å². The van der Waals surface area contributed by atoms with Crippen LogP contribution in [0.3, 0.4) is 0 Å². The van der Waals surface area contributed by atoms with E-state index >= 15 is 0 Å². The number of allylic oxidation sites excluding steroid dienone is 3. The molecule has 0 atom stereocenters. The Morgan fingerprint density at radius 1 is 1.20 bits per heavy atom. The molecule has 1 aromatic carbocycles. The summed E-state index contributed by atoms with van der Waals surface area (Å²) < 4.78 is 0. The molecule has 8 heteroatoms. The Morgan fingerprint density at radius 2 is 2.00 bits per heavy atom. The molecule has 0 radical (unpaired) electrons. The number of benzene rings is 1. The first-order valence-corrected chi connectivity index (χ1v) is 10.3. The van der Waals surface area contributed by atoms with Crippen LogP contribution >= 0.6 is 0 Å². The van der Waals surface area contributed by atoms with Crippen LogP contribution in [0.2, 0.25) is 0 Å². The minimum atomic E-state index is 0.0174. The molecule has 2 aliphatic rings. The van der Waals surface area contributed by atoms with Gasteiger partial charge in [0, 0.05) is 50.2 Å². The van der Waals surface area contributed by atoms with E-state index in [-0.39, 0.29) is 11.3 Å². The Labute approximate surface area is 175 Å². The van der Waals surface area contributed by atoms with Gasteiger partial charge < -0.3 is 26.7 Å². The third-order valence-electron chi connectivity index (χ3n) is 5.79. The normalized spacial score (nSPS) is 18.0. The number of fused-ring (bicyclic) bond motifs is 3. The first-order valence-electron chi connectivity index (χ1n) is 10.3. The SMILES string of the molecule is N#C/C(N)=C/C=C(\N)N1CCN(Cc2ccc3c4c(c(=O)[nH]c3c2)CCCN4)CC1. The number of nitrogens with two attached hydrogens (primary N) is 2. The van der Waals surface area contributed by atoms with Gasteiger partial charge in [0.15, 0.2) is 0 Å². The highest BCUT2D eigenvalue weighted by Gasteiger charge is 2.19. The van der Waals surface area contributed by atoms with Crippen molar-refractivity contribution in [2.75, 3.05) is 38.0 Å². The zero-order valence-electron chi connectivity index (χ0n) is 16.9. The van der Waals surface area contributed by atoms with Gasteiger partial charge >= 0.3 is 0 Å². The fourth-order valence-corrected chi connectivity index (χ4v) is 4.14. The molecule has 0 amide bonds. The van der Waals surface area contributed by atoms with Crippen LogP contribution in [0.5, 0.6) is 0 Å². The predicted octanol–water partition coefficient (Wildman–Crippen LogP) is 1.17. The molecule has 1 saturated heterocycles. The highest BCUT2D eigenvalue weighted by Crippen LogP contribution is 2.28. The third kappa shape index (κ3) is 4.11. The number of H-pyrrole nitrogens is 1. The smallest absolute Gasteiger partial charge is 0.253 e. The molecule has 4 rings (SSSR count). The van der Waals surface area contributed by atoms with Crippen molar-refractivity contribution < 1.29 is 0 Å². The summed E-state index contributed by atoms with van der Waals surface area (Å²) in [6.45, 7) is 5.11. The van der Waals surface area contributed by atoms with Gasteiger partial charge in [0.2, 0.25) is 0 Å². The molecule has 0 saturated carbocycles. The van der Waals surface area contributed by atoms with Gasteiger partial charge in [0.05, 0.1) is 17.0 Å². The van der Waals surface area contributed by atoms with Gasteiger partial charge in [-0.2, -0.15) is 5.26 Å². The monoisotopic (exact) mass is 405 g/mol. The van der Waals surface area contributed by atoms with Crippen molar-refractivity contribution in [3.63, 3.8) is 0 Å². The average Bonchev–Trinajstić information content (AvgIpc) is 2.77. The van der Waals surface area contributed by atoms with Gasteiger partial charge in [0.25, 0.3) is 5.56 Å². The Hall–Kier alpha value is -3.44. The molecule has 2 aromatic rings. The highest BCUT2D eigenvalue weighted by atomic mass is 16.1. The second-order valence-electron chi connectivity index (χ2n) is 7.81. The second-order valence-corrected chi connectivity index (χ2v) is 7.81. The molecule has 0 aliphatic carbocycles. The van der Waals surface area contributed by atoms with Crippen molar-refractivity contribution in [3.8, 4) is 6.07 Å². The molecular weight excluding hydrogens is 378 g/mol. The van der Waals surface area contributed by atoms with Crippen molar-refractivity contribution in [2.24, 2.45) is 11.5 Å². The number of pyridine rings is 1. The molecule has 1 fully saturated rings. The number of rotatable bonds is 4. The summed E-state index contributed by atoms with van der Waals surface area (Å²) in [5.74, 6) is 0.619. The van der Waals surface area contributed by atoms with Crippen LogP contribution in [0.15, 0.2) is 46.7 Å². The fourth-order valence-electron chi connectivity index (χ4n) is 4.14. The maximum Gasteiger partial charge on any atom is 0.253 e. The Morgan fingerprint density at radius 3 is 2.77 bits per heavy atom. The fraction of sp³-hybridized carbons (Fsp3) is 0.364. The van der Waals surface area contributed by atoms with Crippen LogP contribution in [0.4, 0.5) is 5.69 Å². The first-order chi connectivity index (χ1) is 14.5. The topological polar surface area (TPSA) is 127 Å². The minimum absolute atomic E-state index is 0.0174. The quantitative estimate of drug-likeness (QED) is 0.444. The third-order valence-corrected chi connectivity index (χ3v) is 5.79. The van der Waals surface area contributed by atoms with E-state index in [0.29, 0.717) is 5.82 Å². The lowest BCUT2D eigenvalue weighted by atomic mass is 10.0. The average molecular weight is 406 g/mol. The van der Waals surface area contributed by atoms with E-state index < -0.39 is 0 Å². The zero-order valence-corrected chi connectivity index (χ0v) is 16.9. The van der Waals surface area contributed by atoms with Crippen LogP contribution in [0.25, 0.3) is 10.9 Å². The van der Waals surface area contributed by atoms with Crippen LogP contribution in [0.1, 0.15) is 17.5 Å². The zero-order chi connectivity index (χ0) is 21.1. The first kappa shape index (κ1) is 19.9. The van der Waals surface area contributed by atoms with Gasteiger partial charge in [-0.05, 0) is 36.6 Å². The second kappa shape index (κ2) is 8.51. The predicted molar refractivity (Wildman–Crippen MR) is 118 cm³/mol. The maximum atomic E-state index is 12.4. The van der Waals surface area contributed by atoms with Gasteiger partial charge in [-0.15, -0.1) is 0 Å². The number of hydrogen-bond donors (Lipinski definition) is 4. The van der Waals surface area contributed by atoms with Crippen molar-refractivity contribution >= 4 is 16.6 Å². The number of nitrogens with zero attached hydrogens (tertiary/aromatic N) is 3. The molecule has 0 unspecified atom stereocenters. The maximum absolute atomic E-state index is 12.4. The molecular formula is C22H27N7O. The standard InChI is InChI=1S/C22H27N7O/c23-13-16(24)4-6-20(25)29-10-8-28(9-11-29)14-15-3-5-17-19(12-15)27-22(30)18-2-1-7-26-21(17)18/h3-6,12,26H,1-2,7-11,14,24-25H2,(H,27,30)/b16-4-,20-6+. The van der Waals surface area contributed by atoms with Crippen LogP contribution in [0, 0.1) is 11.3 Å². The highest BCUT2D eigenvalue weighted by molar-refractivity contribution is 5.93. The van der Waals surface area contributed by atoms with E-state index in [2.05, 4.69) is 38.3 Å². The summed E-state index contributed by atoms with van der Waals surface area (Å²) in [5.41, 5.74) is 15.7. The molecule has 0 bridgehead atoms. The Balaban J connectivity index is 1.43. The number of piperazine rings is 1. The molecule has 1 aromatic heterocycles. The van der Waals surface area contributed by atoms with Gasteiger partial charge in [-0.3, -0.25) is 9.69 Å². The van der Waals surface area contributed by atoms with Gasteiger partial charge in [-0.25, -0.2) is 0 Å². The Bertz CT molecular complexity index is 1100. The summed E-state index contributed by atoms with van der Waals surface area (Å²) in [5, 5.41) is 13.2. The van der Waals surface area contributed by atoms with E-state index in [9.17, 15) is 4.79 Å². The lowest BCUT2D eigenvalue weighted by Gasteiger charge is -2.36. The van der Waals surface area contributed by atoms with Crippen molar-refractivity contribution in [2.45, 2.75) is 19.4 Å². The van der Waals surface area contributed by atoms with E-state index in [4.69, 9.17) is 16.7 Å². The van der Waals surface area contributed by atoms with Crippen LogP contribution in [-0.2, 0) is 13.0 Å². The summed E-state index contributed by atoms with van der Waals surface area (Å²) >= 11 is 0. The van der Waals surface area contributed by atoms with Crippen LogP contribution < -0.4 is 22.3 Å². The molecule has 6 N–H and O–H groups in total. The number of nitriles is 1. The largest absolute Gasteiger partial charge is 0.390 e. The summed E-state index contributed by atoms with van der Waals surface area (Å²) in [6, 6.07) is 8.22. The summed E-state index contributed by atoms with van der Waals surface area (Å²) in [6.07, 6.45) is 5.04. The van der Waals surface area contributed by atoms with E-state index in [0.717, 1.165) is 74.3 Å². The molecule has 8 nitrogen and oxygen atoms in total. The lowest BCUT2D eigenvalue weighted by molar-refractivity contribution is 0.152. The van der Waals surface area contributed by atoms with Crippen molar-refractivity contribution in [1.82, 2.24) is 14.8 Å². The number of nitrogens with one attached hydrogen (secondary N) is 2. The minimum Gasteiger partial charge on any atom is -0.390 e. The molecule has 0 spiro atoms. The summed E-state index contributed by atoms with van der Waals surface area (Å²) in [7, 11) is 0. The van der Waals surface area contributed by atoms with E-state index in [1.807, 2.05) is 6.07 Å². The van der Waals surface area contributed by atoms with Gasteiger partial charge in [0.1, 0.15) is 11.8 Å². The molecule has 156 valence electrons. The molecule has 2 aliphatic heterocycles. The summed E-state index contributed by atoms with van der Waals surface area (Å²) in [4.78, 5) is 20.0. The van der Waals surface area contributed by atoms with Crippen LogP contribution in [-0.4, -0.2) is 47.5 Å². The van der Waals surface area contributed by atoms with Gasteiger partial charge in [-0.1, -0.05) is 12.1 Å². The lowest BCUT2D eigenvalue weighted by Crippen LogP contribution is -2.46. The molecule has 3 heterocycles. The Kier molecular flexibility index (Phi) is 5.63. The molecule has 30 heavy (non-hydrogen) atoms. The number of aromatic amines is 1. The number of anilines is 1.